The Morgan fingerprint density at radius 1 is 1.36 bits per heavy atom. The van der Waals surface area contributed by atoms with Gasteiger partial charge in [-0.3, -0.25) is 0 Å². The first-order valence-electron chi connectivity index (χ1n) is 2.53. The van der Waals surface area contributed by atoms with E-state index in [-0.39, 0.29) is 0 Å². The molecular formula is C4H7F3O3P+. The van der Waals surface area contributed by atoms with Crippen LogP contribution in [-0.2, 0) is 13.8 Å². The zero-order valence-electron chi connectivity index (χ0n) is 5.88. The van der Waals surface area contributed by atoms with E-state index in [1.165, 1.54) is 0 Å². The maximum absolute atomic E-state index is 11.8. The van der Waals surface area contributed by atoms with Crippen molar-refractivity contribution in [2.45, 2.75) is 12.0 Å². The normalized spacial score (nSPS) is 16.3. The van der Waals surface area contributed by atoms with Gasteiger partial charge in [0.2, 0.25) is 0 Å². The minimum Gasteiger partial charge on any atom is -0.329 e. The second kappa shape index (κ2) is 3.99. The van der Waals surface area contributed by atoms with Gasteiger partial charge >= 0.3 is 20.0 Å². The molecule has 0 aliphatic carbocycles. The Hall–Kier alpha value is -0.190. The van der Waals surface area contributed by atoms with E-state index in [4.69, 9.17) is 0 Å². The molecule has 2 unspecified atom stereocenters. The number of hydrogen-bond donors (Lipinski definition) is 0. The van der Waals surface area contributed by atoms with E-state index in [1.54, 1.807) is 0 Å². The van der Waals surface area contributed by atoms with Crippen molar-refractivity contribution in [3.8, 4) is 0 Å². The summed E-state index contributed by atoms with van der Waals surface area (Å²) in [6.07, 6.45) is -4.64. The van der Waals surface area contributed by atoms with Crippen molar-refractivity contribution >= 4 is 8.03 Å². The lowest BCUT2D eigenvalue weighted by Crippen LogP contribution is -2.27. The van der Waals surface area contributed by atoms with Gasteiger partial charge < -0.3 is 4.74 Å². The van der Waals surface area contributed by atoms with Crippen LogP contribution < -0.4 is 0 Å². The van der Waals surface area contributed by atoms with Crippen LogP contribution in [0, 0.1) is 0 Å². The standard InChI is InChI=1S/C4H7F3O3P/c1-9-3(4(5,6)7)11(8)10-2/h3H,1-2H3/q+1. The summed E-state index contributed by atoms with van der Waals surface area (Å²) in [6.45, 7) is 0. The molecule has 0 bridgehead atoms. The second-order valence-corrected chi connectivity index (χ2v) is 3.00. The van der Waals surface area contributed by atoms with Crippen LogP contribution >= 0.6 is 8.03 Å². The lowest BCUT2D eigenvalue weighted by molar-refractivity contribution is -0.186. The van der Waals surface area contributed by atoms with E-state index < -0.39 is 20.0 Å². The van der Waals surface area contributed by atoms with E-state index in [9.17, 15) is 17.7 Å². The van der Waals surface area contributed by atoms with Crippen LogP contribution in [0.5, 0.6) is 0 Å². The van der Waals surface area contributed by atoms with E-state index in [0.717, 1.165) is 14.2 Å². The molecule has 0 amide bonds. The Morgan fingerprint density at radius 2 is 1.82 bits per heavy atom. The Labute approximate surface area is 62.3 Å². The molecule has 0 aliphatic heterocycles. The van der Waals surface area contributed by atoms with Gasteiger partial charge in [-0.25, -0.2) is 0 Å². The first-order valence-corrected chi connectivity index (χ1v) is 3.78. The van der Waals surface area contributed by atoms with Crippen LogP contribution in [-0.4, -0.2) is 26.2 Å². The third-order valence-electron chi connectivity index (χ3n) is 0.875. The SMILES string of the molecule is COC([P+](=O)OC)C(F)(F)F. The van der Waals surface area contributed by atoms with Gasteiger partial charge in [0.05, 0.1) is 7.11 Å². The summed E-state index contributed by atoms with van der Waals surface area (Å²) in [5.74, 6) is -2.33. The quantitative estimate of drug-likeness (QED) is 0.639. The molecule has 0 rings (SSSR count). The van der Waals surface area contributed by atoms with Crippen molar-refractivity contribution in [1.29, 1.82) is 0 Å². The van der Waals surface area contributed by atoms with Crippen LogP contribution in [0.1, 0.15) is 0 Å². The highest BCUT2D eigenvalue weighted by atomic mass is 31.1. The van der Waals surface area contributed by atoms with Gasteiger partial charge in [0, 0.05) is 7.11 Å². The fraction of sp³-hybridized carbons (Fsp3) is 1.00. The van der Waals surface area contributed by atoms with Crippen molar-refractivity contribution in [3.63, 3.8) is 0 Å². The molecule has 0 aliphatic rings. The number of halogens is 3. The van der Waals surface area contributed by atoms with E-state index in [0.29, 0.717) is 0 Å². The van der Waals surface area contributed by atoms with E-state index in [2.05, 4.69) is 9.26 Å². The minimum atomic E-state index is -4.64. The molecule has 0 spiro atoms. The van der Waals surface area contributed by atoms with Crippen molar-refractivity contribution in [2.75, 3.05) is 14.2 Å². The number of ether oxygens (including phenoxy) is 1. The highest BCUT2D eigenvalue weighted by molar-refractivity contribution is 7.39. The predicted octanol–water partition coefficient (Wildman–Crippen LogP) is 1.91. The lowest BCUT2D eigenvalue weighted by atomic mass is 10.7. The molecule has 3 nitrogen and oxygen atoms in total. The molecule has 11 heavy (non-hydrogen) atoms. The summed E-state index contributed by atoms with van der Waals surface area (Å²) in [5, 5.41) is 0. The third kappa shape index (κ3) is 3.14. The summed E-state index contributed by atoms with van der Waals surface area (Å²) in [6, 6.07) is 0. The Balaban J connectivity index is 4.29. The summed E-state index contributed by atoms with van der Waals surface area (Å²) >= 11 is 0. The molecule has 0 aromatic heterocycles. The average molecular weight is 191 g/mol. The smallest absolute Gasteiger partial charge is 0.329 e. The summed E-state index contributed by atoms with van der Waals surface area (Å²) < 4.78 is 53.7. The monoisotopic (exact) mass is 191 g/mol. The van der Waals surface area contributed by atoms with Crippen LogP contribution in [0.25, 0.3) is 0 Å². The van der Waals surface area contributed by atoms with Crippen LogP contribution in [0.15, 0.2) is 0 Å². The molecule has 0 saturated carbocycles. The van der Waals surface area contributed by atoms with Crippen molar-refractivity contribution in [3.05, 3.63) is 0 Å². The Kier molecular flexibility index (Phi) is 3.92. The predicted molar refractivity (Wildman–Crippen MR) is 31.5 cm³/mol. The van der Waals surface area contributed by atoms with Crippen LogP contribution in [0.3, 0.4) is 0 Å². The number of alkyl halides is 3. The maximum Gasteiger partial charge on any atom is 0.550 e. The Bertz CT molecular complexity index is 146. The average Bonchev–Trinajstić information content (AvgIpc) is 1.86. The highest BCUT2D eigenvalue weighted by Crippen LogP contribution is 2.40. The van der Waals surface area contributed by atoms with Gasteiger partial charge in [-0.2, -0.15) is 13.2 Å². The van der Waals surface area contributed by atoms with Gasteiger partial charge in [-0.1, -0.05) is 0 Å². The van der Waals surface area contributed by atoms with E-state index in [1.807, 2.05) is 0 Å². The molecule has 0 aromatic carbocycles. The molecular weight excluding hydrogens is 184 g/mol. The van der Waals surface area contributed by atoms with Gasteiger partial charge in [0.1, 0.15) is 0 Å². The molecule has 0 heterocycles. The number of methoxy groups -OCH3 is 1. The zero-order chi connectivity index (χ0) is 9.07. The van der Waals surface area contributed by atoms with Crippen LogP contribution in [0.2, 0.25) is 0 Å². The largest absolute Gasteiger partial charge is 0.550 e. The molecule has 0 radical (unpaired) electrons. The van der Waals surface area contributed by atoms with Gasteiger partial charge in [0.25, 0.3) is 0 Å². The molecule has 7 heteroatoms. The molecule has 0 aromatic rings. The fourth-order valence-electron chi connectivity index (χ4n) is 0.435. The van der Waals surface area contributed by atoms with Gasteiger partial charge in [0.15, 0.2) is 0 Å². The van der Waals surface area contributed by atoms with Crippen molar-refractivity contribution in [2.24, 2.45) is 0 Å². The zero-order valence-corrected chi connectivity index (χ0v) is 6.78. The van der Waals surface area contributed by atoms with E-state index >= 15 is 0 Å². The highest BCUT2D eigenvalue weighted by Gasteiger charge is 2.55. The maximum atomic E-state index is 11.8. The number of rotatable bonds is 3. The first kappa shape index (κ1) is 10.8. The Morgan fingerprint density at radius 3 is 1.91 bits per heavy atom. The minimum absolute atomic E-state index is 0.824. The number of hydrogen-bond acceptors (Lipinski definition) is 3. The van der Waals surface area contributed by atoms with Gasteiger partial charge in [-0.05, 0) is 4.57 Å². The molecule has 0 fully saturated rings. The summed E-state index contributed by atoms with van der Waals surface area (Å²) in [4.78, 5) is 0. The van der Waals surface area contributed by atoms with Crippen molar-refractivity contribution in [1.82, 2.24) is 0 Å². The molecule has 0 N–H and O–H groups in total. The van der Waals surface area contributed by atoms with Crippen LogP contribution in [0.4, 0.5) is 13.2 Å². The molecule has 2 atom stereocenters. The molecule has 0 saturated heterocycles. The first-order chi connectivity index (χ1) is 4.93. The fourth-order valence-corrected chi connectivity index (χ4v) is 1.04. The molecule has 66 valence electrons. The summed E-state index contributed by atoms with van der Waals surface area (Å²) in [5.41, 5.74) is 0. The summed E-state index contributed by atoms with van der Waals surface area (Å²) in [7, 11) is -1.08. The lowest BCUT2D eigenvalue weighted by Gasteiger charge is -2.06. The second-order valence-electron chi connectivity index (χ2n) is 1.60. The third-order valence-corrected chi connectivity index (χ3v) is 2.12. The van der Waals surface area contributed by atoms with Gasteiger partial charge in [-0.15, -0.1) is 4.52 Å². The van der Waals surface area contributed by atoms with Crippen molar-refractivity contribution < 1.29 is 27.0 Å². The topological polar surface area (TPSA) is 35.5 Å².